The van der Waals surface area contributed by atoms with Gasteiger partial charge in [0.1, 0.15) is 12.4 Å². The van der Waals surface area contributed by atoms with Gasteiger partial charge in [-0.25, -0.2) is 9.18 Å². The van der Waals surface area contributed by atoms with Crippen LogP contribution in [0, 0.1) is 5.82 Å². The Hall–Kier alpha value is -1.39. The summed E-state index contributed by atoms with van der Waals surface area (Å²) in [7, 11) is 0. The van der Waals surface area contributed by atoms with Crippen molar-refractivity contribution in [2.45, 2.75) is 6.61 Å². The molecule has 0 fully saturated rings. The number of carbonyl (C=O) groups excluding carboxylic acids is 1. The standard InChI is InChI=1S/C14H9BrClFO2/c15-10-4-1-3-9(7-10)14(18)19-8-11-12(16)5-2-6-13(11)17/h1-7H,8H2. The largest absolute Gasteiger partial charge is 0.457 e. The lowest BCUT2D eigenvalue weighted by Gasteiger charge is -2.07. The van der Waals surface area contributed by atoms with Crippen molar-refractivity contribution in [1.82, 2.24) is 0 Å². The van der Waals surface area contributed by atoms with E-state index in [9.17, 15) is 9.18 Å². The molecule has 0 saturated carbocycles. The Balaban J connectivity index is 2.09. The molecule has 98 valence electrons. The van der Waals surface area contributed by atoms with E-state index in [-0.39, 0.29) is 17.2 Å². The number of halogens is 3. The minimum atomic E-state index is -0.527. The Bertz CT molecular complexity index is 596. The quantitative estimate of drug-likeness (QED) is 0.761. The van der Waals surface area contributed by atoms with Gasteiger partial charge in [-0.1, -0.05) is 39.7 Å². The van der Waals surface area contributed by atoms with Gasteiger partial charge in [-0.15, -0.1) is 0 Å². The molecule has 0 bridgehead atoms. The highest BCUT2D eigenvalue weighted by Crippen LogP contribution is 2.20. The van der Waals surface area contributed by atoms with Crippen molar-refractivity contribution >= 4 is 33.5 Å². The number of hydrogen-bond donors (Lipinski definition) is 0. The monoisotopic (exact) mass is 342 g/mol. The van der Waals surface area contributed by atoms with Crippen LogP contribution < -0.4 is 0 Å². The van der Waals surface area contributed by atoms with E-state index in [1.54, 1.807) is 30.3 Å². The zero-order chi connectivity index (χ0) is 13.8. The summed E-state index contributed by atoms with van der Waals surface area (Å²) >= 11 is 9.11. The summed E-state index contributed by atoms with van der Waals surface area (Å²) in [4.78, 5) is 11.8. The Morgan fingerprint density at radius 1 is 1.26 bits per heavy atom. The molecule has 0 aromatic heterocycles. The highest BCUT2D eigenvalue weighted by molar-refractivity contribution is 9.10. The molecule has 2 aromatic carbocycles. The van der Waals surface area contributed by atoms with E-state index in [0.29, 0.717) is 5.56 Å². The third-order valence-electron chi connectivity index (χ3n) is 2.47. The van der Waals surface area contributed by atoms with E-state index in [2.05, 4.69) is 15.9 Å². The number of carbonyl (C=O) groups is 1. The summed E-state index contributed by atoms with van der Waals surface area (Å²) in [6, 6.07) is 11.1. The summed E-state index contributed by atoms with van der Waals surface area (Å²) < 4.78 is 19.3. The summed E-state index contributed by atoms with van der Waals surface area (Å²) in [5.41, 5.74) is 0.564. The molecular weight excluding hydrogens is 335 g/mol. The number of esters is 1. The lowest BCUT2D eigenvalue weighted by Crippen LogP contribution is -2.06. The van der Waals surface area contributed by atoms with Gasteiger partial charge in [0.25, 0.3) is 0 Å². The second kappa shape index (κ2) is 6.17. The second-order valence-corrected chi connectivity index (χ2v) is 5.11. The third kappa shape index (κ3) is 3.55. The molecule has 2 aromatic rings. The highest BCUT2D eigenvalue weighted by atomic mass is 79.9. The fourth-order valence-corrected chi connectivity index (χ4v) is 2.12. The molecule has 0 radical (unpaired) electrons. The van der Waals surface area contributed by atoms with Gasteiger partial charge in [0.2, 0.25) is 0 Å². The first-order chi connectivity index (χ1) is 9.08. The summed E-state index contributed by atoms with van der Waals surface area (Å²) in [6.45, 7) is -0.198. The summed E-state index contributed by atoms with van der Waals surface area (Å²) in [5, 5.41) is 0.238. The molecule has 0 atom stereocenters. The normalized spacial score (nSPS) is 10.3. The number of rotatable bonds is 3. The first-order valence-electron chi connectivity index (χ1n) is 5.43. The third-order valence-corrected chi connectivity index (χ3v) is 3.32. The second-order valence-electron chi connectivity index (χ2n) is 3.79. The fraction of sp³-hybridized carbons (Fsp3) is 0.0714. The maximum Gasteiger partial charge on any atom is 0.338 e. The van der Waals surface area contributed by atoms with Crippen LogP contribution in [0.3, 0.4) is 0 Å². The van der Waals surface area contributed by atoms with Gasteiger partial charge in [-0.2, -0.15) is 0 Å². The van der Waals surface area contributed by atoms with Crippen molar-refractivity contribution in [2.75, 3.05) is 0 Å². The zero-order valence-electron chi connectivity index (χ0n) is 9.70. The summed E-state index contributed by atoms with van der Waals surface area (Å²) in [6.07, 6.45) is 0. The predicted octanol–water partition coefficient (Wildman–Crippen LogP) is 4.60. The van der Waals surface area contributed by atoms with Crippen LogP contribution in [0.4, 0.5) is 4.39 Å². The average Bonchev–Trinajstić information content (AvgIpc) is 2.38. The molecule has 0 heterocycles. The van der Waals surface area contributed by atoms with Crippen molar-refractivity contribution in [1.29, 1.82) is 0 Å². The molecule has 0 aliphatic rings. The van der Waals surface area contributed by atoms with Crippen LogP contribution in [-0.2, 0) is 11.3 Å². The van der Waals surface area contributed by atoms with Gasteiger partial charge in [-0.3, -0.25) is 0 Å². The van der Waals surface area contributed by atoms with Gasteiger partial charge in [-0.05, 0) is 30.3 Å². The van der Waals surface area contributed by atoms with E-state index >= 15 is 0 Å². The predicted molar refractivity (Wildman–Crippen MR) is 74.7 cm³/mol. The minimum Gasteiger partial charge on any atom is -0.457 e. The van der Waals surface area contributed by atoms with Gasteiger partial charge in [0.05, 0.1) is 10.6 Å². The van der Waals surface area contributed by atoms with Crippen molar-refractivity contribution in [3.05, 3.63) is 68.9 Å². The molecule has 5 heteroatoms. The Morgan fingerprint density at radius 3 is 2.68 bits per heavy atom. The number of benzene rings is 2. The van der Waals surface area contributed by atoms with Crippen LogP contribution in [0.1, 0.15) is 15.9 Å². The molecule has 0 aliphatic carbocycles. The van der Waals surface area contributed by atoms with E-state index in [0.717, 1.165) is 4.47 Å². The van der Waals surface area contributed by atoms with Crippen molar-refractivity contribution in [2.24, 2.45) is 0 Å². The lowest BCUT2D eigenvalue weighted by molar-refractivity contribution is 0.0469. The van der Waals surface area contributed by atoms with E-state index < -0.39 is 11.8 Å². The molecular formula is C14H9BrClFO2. The highest BCUT2D eigenvalue weighted by Gasteiger charge is 2.12. The van der Waals surface area contributed by atoms with Gasteiger partial charge in [0, 0.05) is 10.0 Å². The molecule has 0 spiro atoms. The molecule has 0 unspecified atom stereocenters. The van der Waals surface area contributed by atoms with Crippen LogP contribution in [0.5, 0.6) is 0 Å². The molecule has 0 amide bonds. The Kier molecular flexibility index (Phi) is 4.56. The Morgan fingerprint density at radius 2 is 2.00 bits per heavy atom. The molecule has 0 aliphatic heterocycles. The molecule has 2 nitrogen and oxygen atoms in total. The molecule has 2 rings (SSSR count). The smallest absolute Gasteiger partial charge is 0.338 e. The molecule has 0 saturated heterocycles. The lowest BCUT2D eigenvalue weighted by atomic mass is 10.2. The van der Waals surface area contributed by atoms with Gasteiger partial charge >= 0.3 is 5.97 Å². The first-order valence-corrected chi connectivity index (χ1v) is 6.60. The average molecular weight is 344 g/mol. The van der Waals surface area contributed by atoms with E-state index in [1.165, 1.54) is 12.1 Å². The van der Waals surface area contributed by atoms with E-state index in [4.69, 9.17) is 16.3 Å². The van der Waals surface area contributed by atoms with Crippen LogP contribution in [-0.4, -0.2) is 5.97 Å². The summed E-state index contributed by atoms with van der Waals surface area (Å²) in [5.74, 6) is -1.02. The maximum atomic E-state index is 13.5. The SMILES string of the molecule is O=C(OCc1c(F)cccc1Cl)c1cccc(Br)c1. The maximum absolute atomic E-state index is 13.5. The van der Waals surface area contributed by atoms with Gasteiger partial charge < -0.3 is 4.74 Å². The minimum absolute atomic E-state index is 0.174. The van der Waals surface area contributed by atoms with Crippen molar-refractivity contribution < 1.29 is 13.9 Å². The van der Waals surface area contributed by atoms with Crippen molar-refractivity contribution in [3.63, 3.8) is 0 Å². The number of ether oxygens (including phenoxy) is 1. The van der Waals surface area contributed by atoms with Crippen molar-refractivity contribution in [3.8, 4) is 0 Å². The van der Waals surface area contributed by atoms with Crippen LogP contribution in [0.2, 0.25) is 5.02 Å². The number of hydrogen-bond acceptors (Lipinski definition) is 2. The van der Waals surface area contributed by atoms with Gasteiger partial charge in [0.15, 0.2) is 0 Å². The molecule has 19 heavy (non-hydrogen) atoms. The van der Waals surface area contributed by atoms with Crippen LogP contribution in [0.15, 0.2) is 46.9 Å². The van der Waals surface area contributed by atoms with Crippen LogP contribution >= 0.6 is 27.5 Å². The van der Waals surface area contributed by atoms with Crippen LogP contribution in [0.25, 0.3) is 0 Å². The fourth-order valence-electron chi connectivity index (χ4n) is 1.51. The molecule has 0 N–H and O–H groups in total. The Labute approximate surface area is 123 Å². The zero-order valence-corrected chi connectivity index (χ0v) is 12.0. The first kappa shape index (κ1) is 14.0. The topological polar surface area (TPSA) is 26.3 Å². The van der Waals surface area contributed by atoms with E-state index in [1.807, 2.05) is 0 Å².